The molecule has 2 aliphatic carbocycles. The smallest absolute Gasteiger partial charge is 0.0266 e. The minimum absolute atomic E-state index is 0.661. The Bertz CT molecular complexity index is 116. The van der Waals surface area contributed by atoms with Crippen LogP contribution in [-0.2, 0) is 0 Å². The van der Waals surface area contributed by atoms with E-state index < -0.39 is 0 Å². The first-order valence-electron chi connectivity index (χ1n) is 4.38. The van der Waals surface area contributed by atoms with Gasteiger partial charge in [-0.05, 0) is 37.5 Å². The van der Waals surface area contributed by atoms with Gasteiger partial charge in [-0.3, -0.25) is 11.3 Å². The quantitative estimate of drug-likeness (QED) is 0.454. The lowest BCUT2D eigenvalue weighted by Gasteiger charge is -2.33. The van der Waals surface area contributed by atoms with Gasteiger partial charge in [0.2, 0.25) is 0 Å². The molecule has 0 aromatic rings. The van der Waals surface area contributed by atoms with Crippen LogP contribution in [0.2, 0.25) is 0 Å². The van der Waals surface area contributed by atoms with Crippen LogP contribution in [0.1, 0.15) is 32.1 Å². The van der Waals surface area contributed by atoms with Crippen LogP contribution in [-0.4, -0.2) is 6.04 Å². The summed E-state index contributed by atoms with van der Waals surface area (Å²) in [6, 6.07) is 0.661. The fourth-order valence-electron chi connectivity index (χ4n) is 1.91. The van der Waals surface area contributed by atoms with Crippen molar-refractivity contribution in [1.29, 1.82) is 0 Å². The Morgan fingerprint density at radius 1 is 1.10 bits per heavy atom. The second-order valence-electron chi connectivity index (χ2n) is 3.72. The van der Waals surface area contributed by atoms with Crippen molar-refractivity contribution in [2.45, 2.75) is 38.1 Å². The van der Waals surface area contributed by atoms with Crippen molar-refractivity contribution < 1.29 is 0 Å². The highest BCUT2D eigenvalue weighted by molar-refractivity contribution is 4.92. The van der Waals surface area contributed by atoms with E-state index in [0.29, 0.717) is 6.04 Å². The molecule has 2 rings (SSSR count). The molecule has 0 radical (unpaired) electrons. The summed E-state index contributed by atoms with van der Waals surface area (Å²) in [5.41, 5.74) is 2.97. The Morgan fingerprint density at radius 3 is 2.00 bits per heavy atom. The van der Waals surface area contributed by atoms with Gasteiger partial charge in [-0.15, -0.1) is 0 Å². The van der Waals surface area contributed by atoms with Gasteiger partial charge in [0.25, 0.3) is 0 Å². The standard InChI is InChI=1S/C8H16N2/c9-10-8(7-4-5-7)6-2-1-3-6/h6-8,10H,1-5,9H2. The van der Waals surface area contributed by atoms with Crippen LogP contribution in [0.3, 0.4) is 0 Å². The molecule has 2 saturated carbocycles. The number of hydrazine groups is 1. The molecular formula is C8H16N2. The number of nitrogens with two attached hydrogens (primary N) is 1. The third-order valence-electron chi connectivity index (χ3n) is 2.98. The summed E-state index contributed by atoms with van der Waals surface area (Å²) in [5, 5.41) is 0. The molecule has 0 amide bonds. The van der Waals surface area contributed by atoms with Crippen molar-refractivity contribution in [2.75, 3.05) is 0 Å². The Morgan fingerprint density at radius 2 is 1.70 bits per heavy atom. The minimum atomic E-state index is 0.661. The number of rotatable bonds is 3. The molecule has 2 aliphatic rings. The van der Waals surface area contributed by atoms with E-state index in [1.807, 2.05) is 0 Å². The summed E-state index contributed by atoms with van der Waals surface area (Å²) in [5.74, 6) is 7.31. The summed E-state index contributed by atoms with van der Waals surface area (Å²) >= 11 is 0. The molecule has 2 fully saturated rings. The summed E-state index contributed by atoms with van der Waals surface area (Å²) in [7, 11) is 0. The van der Waals surface area contributed by atoms with Gasteiger partial charge in [-0.2, -0.15) is 0 Å². The molecule has 3 N–H and O–H groups in total. The van der Waals surface area contributed by atoms with E-state index in [9.17, 15) is 0 Å². The Labute approximate surface area is 62.1 Å². The van der Waals surface area contributed by atoms with Crippen molar-refractivity contribution >= 4 is 0 Å². The summed E-state index contributed by atoms with van der Waals surface area (Å²) in [6.07, 6.45) is 7.06. The van der Waals surface area contributed by atoms with Gasteiger partial charge in [0.1, 0.15) is 0 Å². The highest BCUT2D eigenvalue weighted by Gasteiger charge is 2.37. The van der Waals surface area contributed by atoms with Crippen LogP contribution in [0.5, 0.6) is 0 Å². The zero-order valence-corrected chi connectivity index (χ0v) is 6.34. The van der Waals surface area contributed by atoms with Crippen molar-refractivity contribution in [3.63, 3.8) is 0 Å². The maximum absolute atomic E-state index is 5.47. The molecule has 2 heteroatoms. The molecule has 0 heterocycles. The third-order valence-corrected chi connectivity index (χ3v) is 2.98. The average molecular weight is 140 g/mol. The van der Waals surface area contributed by atoms with E-state index in [0.717, 1.165) is 11.8 Å². The van der Waals surface area contributed by atoms with Crippen LogP contribution in [0.15, 0.2) is 0 Å². The molecule has 58 valence electrons. The first kappa shape index (κ1) is 6.62. The van der Waals surface area contributed by atoms with E-state index in [1.54, 1.807) is 0 Å². The average Bonchev–Trinajstić information content (AvgIpc) is 2.58. The molecular weight excluding hydrogens is 124 g/mol. The van der Waals surface area contributed by atoms with Gasteiger partial charge in [0, 0.05) is 6.04 Å². The fourth-order valence-corrected chi connectivity index (χ4v) is 1.91. The maximum Gasteiger partial charge on any atom is 0.0266 e. The van der Waals surface area contributed by atoms with Gasteiger partial charge in [-0.1, -0.05) is 6.42 Å². The molecule has 0 spiro atoms. The summed E-state index contributed by atoms with van der Waals surface area (Å²) in [4.78, 5) is 0. The lowest BCUT2D eigenvalue weighted by molar-refractivity contribution is 0.211. The minimum Gasteiger partial charge on any atom is -0.271 e. The predicted octanol–water partition coefficient (Wildman–Crippen LogP) is 1.03. The van der Waals surface area contributed by atoms with E-state index >= 15 is 0 Å². The van der Waals surface area contributed by atoms with Crippen LogP contribution >= 0.6 is 0 Å². The SMILES string of the molecule is NNC(C1CCC1)C1CC1. The third kappa shape index (κ3) is 1.06. The Balaban J connectivity index is 1.84. The van der Waals surface area contributed by atoms with Gasteiger partial charge < -0.3 is 0 Å². The van der Waals surface area contributed by atoms with E-state index in [2.05, 4.69) is 5.43 Å². The van der Waals surface area contributed by atoms with Crippen molar-refractivity contribution in [1.82, 2.24) is 5.43 Å². The van der Waals surface area contributed by atoms with Crippen molar-refractivity contribution in [3.05, 3.63) is 0 Å². The zero-order valence-electron chi connectivity index (χ0n) is 6.34. The van der Waals surface area contributed by atoms with Gasteiger partial charge in [0.05, 0.1) is 0 Å². The Hall–Kier alpha value is -0.0800. The van der Waals surface area contributed by atoms with Gasteiger partial charge in [-0.25, -0.2) is 0 Å². The second kappa shape index (κ2) is 2.51. The van der Waals surface area contributed by atoms with Crippen LogP contribution < -0.4 is 11.3 Å². The molecule has 1 atom stereocenters. The number of hydrogen-bond donors (Lipinski definition) is 2. The van der Waals surface area contributed by atoms with E-state index in [-0.39, 0.29) is 0 Å². The second-order valence-corrected chi connectivity index (χ2v) is 3.72. The molecule has 0 aromatic heterocycles. The topological polar surface area (TPSA) is 38.0 Å². The van der Waals surface area contributed by atoms with E-state index in [1.165, 1.54) is 32.1 Å². The number of hydrogen-bond acceptors (Lipinski definition) is 2. The first-order chi connectivity index (χ1) is 4.92. The lowest BCUT2D eigenvalue weighted by atomic mass is 9.78. The maximum atomic E-state index is 5.47. The highest BCUT2D eigenvalue weighted by atomic mass is 15.2. The van der Waals surface area contributed by atoms with Crippen molar-refractivity contribution in [2.24, 2.45) is 17.7 Å². The lowest BCUT2D eigenvalue weighted by Crippen LogP contribution is -2.44. The molecule has 1 unspecified atom stereocenters. The summed E-state index contributed by atoms with van der Waals surface area (Å²) < 4.78 is 0. The first-order valence-corrected chi connectivity index (χ1v) is 4.38. The zero-order chi connectivity index (χ0) is 6.97. The van der Waals surface area contributed by atoms with Crippen LogP contribution in [0.4, 0.5) is 0 Å². The molecule has 0 aromatic carbocycles. The fraction of sp³-hybridized carbons (Fsp3) is 1.00. The van der Waals surface area contributed by atoms with E-state index in [4.69, 9.17) is 5.84 Å². The highest BCUT2D eigenvalue weighted by Crippen LogP contribution is 2.41. The largest absolute Gasteiger partial charge is 0.271 e. The molecule has 0 bridgehead atoms. The molecule has 0 saturated heterocycles. The Kier molecular flexibility index (Phi) is 1.66. The molecule has 0 aliphatic heterocycles. The van der Waals surface area contributed by atoms with Crippen LogP contribution in [0.25, 0.3) is 0 Å². The van der Waals surface area contributed by atoms with Gasteiger partial charge >= 0.3 is 0 Å². The number of nitrogens with one attached hydrogen (secondary N) is 1. The van der Waals surface area contributed by atoms with Gasteiger partial charge in [0.15, 0.2) is 0 Å². The monoisotopic (exact) mass is 140 g/mol. The molecule has 2 nitrogen and oxygen atoms in total. The summed E-state index contributed by atoms with van der Waals surface area (Å²) in [6.45, 7) is 0. The van der Waals surface area contributed by atoms with Crippen LogP contribution in [0, 0.1) is 11.8 Å². The predicted molar refractivity (Wildman–Crippen MR) is 41.2 cm³/mol. The molecule has 10 heavy (non-hydrogen) atoms. The normalized spacial score (nSPS) is 29.7. The van der Waals surface area contributed by atoms with Crippen molar-refractivity contribution in [3.8, 4) is 0 Å².